The van der Waals surface area contributed by atoms with Crippen LogP contribution in [0.4, 0.5) is 10.1 Å². The number of halogens is 1. The molecule has 4 rings (SSSR count). The second-order valence-corrected chi connectivity index (χ2v) is 9.93. The molecule has 1 N–H and O–H groups in total. The number of aromatic nitrogens is 2. The van der Waals surface area contributed by atoms with E-state index in [-0.39, 0.29) is 23.2 Å². The number of carbonyl (C=O) groups excluding carboxylic acids is 2. The van der Waals surface area contributed by atoms with Crippen LogP contribution >= 0.6 is 23.1 Å². The maximum Gasteiger partial charge on any atom is 0.275 e. The van der Waals surface area contributed by atoms with Crippen LogP contribution in [0, 0.1) is 12.7 Å². The molecule has 0 aliphatic carbocycles. The van der Waals surface area contributed by atoms with Gasteiger partial charge >= 0.3 is 0 Å². The Labute approximate surface area is 206 Å². The van der Waals surface area contributed by atoms with Crippen LogP contribution in [-0.2, 0) is 0 Å². The quantitative estimate of drug-likeness (QED) is 0.344. The highest BCUT2D eigenvalue weighted by Gasteiger charge is 2.28. The summed E-state index contributed by atoms with van der Waals surface area (Å²) in [6.07, 6.45) is 5.02. The van der Waals surface area contributed by atoms with Crippen molar-refractivity contribution in [1.29, 1.82) is 0 Å². The van der Waals surface area contributed by atoms with Gasteiger partial charge in [0.15, 0.2) is 0 Å². The van der Waals surface area contributed by atoms with Gasteiger partial charge in [-0.25, -0.2) is 14.4 Å². The lowest BCUT2D eigenvalue weighted by molar-refractivity contribution is 0.0708. The van der Waals surface area contributed by atoms with Crippen molar-refractivity contribution in [3.05, 3.63) is 82.2 Å². The number of carbonyl (C=O) groups is 2. The van der Waals surface area contributed by atoms with Gasteiger partial charge in [-0.3, -0.25) is 9.59 Å². The Morgan fingerprint density at radius 1 is 1.32 bits per heavy atom. The van der Waals surface area contributed by atoms with Crippen molar-refractivity contribution in [2.45, 2.75) is 30.7 Å². The fraction of sp³-hybridized carbons (Fsp3) is 0.280. The molecule has 9 heteroatoms. The normalized spacial score (nSPS) is 14.1. The zero-order chi connectivity index (χ0) is 24.1. The molecule has 0 atom stereocenters. The highest BCUT2D eigenvalue weighted by Crippen LogP contribution is 2.32. The first-order chi connectivity index (χ1) is 16.5. The Hall–Kier alpha value is -3.04. The number of pyridine rings is 1. The number of hydrogen-bond donors (Lipinski definition) is 1. The highest BCUT2D eigenvalue weighted by atomic mass is 32.2. The number of rotatable bonds is 7. The third-order valence-corrected chi connectivity index (χ3v) is 7.61. The molecule has 0 unspecified atom stereocenters. The van der Waals surface area contributed by atoms with Gasteiger partial charge in [-0.15, -0.1) is 29.7 Å². The Kier molecular flexibility index (Phi) is 7.74. The number of amides is 2. The summed E-state index contributed by atoms with van der Waals surface area (Å²) in [6, 6.07) is 8.26. The molecule has 6 nitrogen and oxygen atoms in total. The van der Waals surface area contributed by atoms with E-state index in [1.165, 1.54) is 29.2 Å². The molecule has 176 valence electrons. The molecule has 3 aromatic rings. The fourth-order valence-corrected chi connectivity index (χ4v) is 5.49. The van der Waals surface area contributed by atoms with E-state index >= 15 is 0 Å². The van der Waals surface area contributed by atoms with E-state index in [0.29, 0.717) is 24.4 Å². The van der Waals surface area contributed by atoms with E-state index in [1.807, 2.05) is 11.0 Å². The Morgan fingerprint density at radius 2 is 2.12 bits per heavy atom. The highest BCUT2D eigenvalue weighted by molar-refractivity contribution is 7.99. The summed E-state index contributed by atoms with van der Waals surface area (Å²) in [5.41, 5.74) is 1.81. The lowest BCUT2D eigenvalue weighted by Crippen LogP contribution is -2.38. The predicted molar refractivity (Wildman–Crippen MR) is 134 cm³/mol. The third kappa shape index (κ3) is 5.53. The largest absolute Gasteiger partial charge is 0.339 e. The van der Waals surface area contributed by atoms with Gasteiger partial charge in [0.2, 0.25) is 0 Å². The summed E-state index contributed by atoms with van der Waals surface area (Å²) >= 11 is 2.93. The number of aryl methyl sites for hydroxylation is 1. The van der Waals surface area contributed by atoms with Gasteiger partial charge in [0.05, 0.1) is 16.3 Å². The lowest BCUT2D eigenvalue weighted by atomic mass is 9.97. The van der Waals surface area contributed by atoms with Crippen LogP contribution < -0.4 is 5.32 Å². The molecule has 0 spiro atoms. The van der Waals surface area contributed by atoms with Crippen molar-refractivity contribution in [2.24, 2.45) is 0 Å². The molecule has 1 aliphatic heterocycles. The molecule has 0 radical (unpaired) electrons. The number of nitrogens with zero attached hydrogens (tertiary/aromatic N) is 3. The van der Waals surface area contributed by atoms with Gasteiger partial charge in [-0.05, 0) is 49.6 Å². The maximum absolute atomic E-state index is 14.1. The lowest BCUT2D eigenvalue weighted by Gasteiger charge is -2.31. The van der Waals surface area contributed by atoms with Crippen molar-refractivity contribution in [3.63, 3.8) is 0 Å². The number of thioether (sulfide) groups is 1. The number of likely N-dealkylation sites (tertiary alicyclic amines) is 1. The molecular weight excluding hydrogens is 471 g/mol. The second-order valence-electron chi connectivity index (χ2n) is 8.03. The SMILES string of the molecule is C=CCSc1ncccc1C(=O)N1CCC(c2nc(C(=O)Nc3ccc(C)cc3F)cs2)CC1. The number of anilines is 1. The number of nitrogens with one attached hydrogen (secondary N) is 1. The molecular formula is C25H25FN4O2S2. The van der Waals surface area contributed by atoms with Gasteiger partial charge in [0.1, 0.15) is 16.5 Å². The second kappa shape index (κ2) is 10.9. The van der Waals surface area contributed by atoms with Crippen LogP contribution in [0.3, 0.4) is 0 Å². The minimum absolute atomic E-state index is 0.0163. The van der Waals surface area contributed by atoms with Gasteiger partial charge < -0.3 is 10.2 Å². The third-order valence-electron chi connectivity index (χ3n) is 5.60. The maximum atomic E-state index is 14.1. The van der Waals surface area contributed by atoms with Crippen LogP contribution in [-0.4, -0.2) is 45.5 Å². The van der Waals surface area contributed by atoms with Gasteiger partial charge in [0, 0.05) is 36.3 Å². The summed E-state index contributed by atoms with van der Waals surface area (Å²) in [4.78, 5) is 36.4. The number of piperidine rings is 1. The average molecular weight is 497 g/mol. The monoisotopic (exact) mass is 496 g/mol. The van der Waals surface area contributed by atoms with Crippen LogP contribution in [0.5, 0.6) is 0 Å². The molecule has 1 aliphatic rings. The molecule has 0 bridgehead atoms. The number of benzene rings is 1. The molecule has 1 aromatic carbocycles. The molecule has 1 fully saturated rings. The number of thiazole rings is 1. The Bertz CT molecular complexity index is 1210. The first-order valence-electron chi connectivity index (χ1n) is 11.0. The van der Waals surface area contributed by atoms with Gasteiger partial charge in [-0.2, -0.15) is 0 Å². The predicted octanol–water partition coefficient (Wildman–Crippen LogP) is 5.54. The standard InChI is InChI=1S/C25H25FN4O2S2/c1-3-13-33-24-18(5-4-10-27-24)25(32)30-11-8-17(9-12-30)23-29-21(15-34-23)22(31)28-20-7-6-16(2)14-19(20)26/h3-7,10,14-15,17H,1,8-9,11-13H2,2H3,(H,28,31). The summed E-state index contributed by atoms with van der Waals surface area (Å²) in [6.45, 7) is 6.74. The number of hydrogen-bond acceptors (Lipinski definition) is 6. The van der Waals surface area contributed by atoms with E-state index in [2.05, 4.69) is 21.9 Å². The van der Waals surface area contributed by atoms with Crippen LogP contribution in [0.1, 0.15) is 50.2 Å². The molecule has 34 heavy (non-hydrogen) atoms. The Morgan fingerprint density at radius 3 is 2.85 bits per heavy atom. The van der Waals surface area contributed by atoms with Crippen molar-refractivity contribution < 1.29 is 14.0 Å². The van der Waals surface area contributed by atoms with Gasteiger partial charge in [-0.1, -0.05) is 12.1 Å². The topological polar surface area (TPSA) is 75.2 Å². The van der Waals surface area contributed by atoms with E-state index in [9.17, 15) is 14.0 Å². The molecule has 1 saturated heterocycles. The smallest absolute Gasteiger partial charge is 0.275 e. The minimum Gasteiger partial charge on any atom is -0.339 e. The van der Waals surface area contributed by atoms with Crippen LogP contribution in [0.15, 0.2) is 59.6 Å². The summed E-state index contributed by atoms with van der Waals surface area (Å²) in [7, 11) is 0. The van der Waals surface area contributed by atoms with Crippen LogP contribution in [0.25, 0.3) is 0 Å². The summed E-state index contributed by atoms with van der Waals surface area (Å²) in [5.74, 6) is -0.0530. The van der Waals surface area contributed by atoms with Crippen LogP contribution in [0.2, 0.25) is 0 Å². The van der Waals surface area contributed by atoms with Crippen molar-refractivity contribution >= 4 is 40.6 Å². The van der Waals surface area contributed by atoms with Crippen molar-refractivity contribution in [3.8, 4) is 0 Å². The minimum atomic E-state index is -0.472. The molecule has 0 saturated carbocycles. The zero-order valence-electron chi connectivity index (χ0n) is 18.8. The summed E-state index contributed by atoms with van der Waals surface area (Å²) in [5, 5.41) is 5.88. The fourth-order valence-electron chi connectivity index (χ4n) is 3.79. The first kappa shape index (κ1) is 24.1. The molecule has 2 amide bonds. The van der Waals surface area contributed by atoms with Crippen molar-refractivity contribution in [1.82, 2.24) is 14.9 Å². The Balaban J connectivity index is 1.36. The average Bonchev–Trinajstić information content (AvgIpc) is 3.35. The molecule has 2 aromatic heterocycles. The van der Waals surface area contributed by atoms with E-state index in [0.717, 1.165) is 28.4 Å². The van der Waals surface area contributed by atoms with Crippen molar-refractivity contribution in [2.75, 3.05) is 24.2 Å². The van der Waals surface area contributed by atoms with Gasteiger partial charge in [0.25, 0.3) is 11.8 Å². The van der Waals surface area contributed by atoms with E-state index < -0.39 is 11.7 Å². The van der Waals surface area contributed by atoms with E-state index in [1.54, 1.807) is 42.8 Å². The zero-order valence-corrected chi connectivity index (χ0v) is 20.4. The van der Waals surface area contributed by atoms with E-state index in [4.69, 9.17) is 0 Å². The summed E-state index contributed by atoms with van der Waals surface area (Å²) < 4.78 is 14.1. The molecule has 3 heterocycles. The first-order valence-corrected chi connectivity index (χ1v) is 12.8.